The molecule has 0 saturated carbocycles. The minimum Gasteiger partial charge on any atom is -0.488 e. The molecule has 20 heavy (non-hydrogen) atoms. The Hall–Kier alpha value is -1.65. The number of rotatable bonds is 4. The van der Waals surface area contributed by atoms with Gasteiger partial charge in [-0.05, 0) is 25.1 Å². The van der Waals surface area contributed by atoms with E-state index in [1.165, 1.54) is 30.3 Å². The monoisotopic (exact) mass is 297 g/mol. The molecule has 0 radical (unpaired) electrons. The number of ether oxygens (including phenoxy) is 1. The number of nitrogens with two attached hydrogens (primary N) is 1. The van der Waals surface area contributed by atoms with E-state index in [0.717, 1.165) is 0 Å². The van der Waals surface area contributed by atoms with Gasteiger partial charge in [-0.1, -0.05) is 23.7 Å². The van der Waals surface area contributed by atoms with Crippen LogP contribution < -0.4 is 10.5 Å². The SMILES string of the molecule is C[C@H](N)c1ccc(F)cc1OCc1ccc(F)cc1Cl. The molecule has 0 aliphatic heterocycles. The lowest BCUT2D eigenvalue weighted by Crippen LogP contribution is -2.08. The standard InChI is InChI=1S/C15H14ClF2NO/c1-9(19)13-5-4-12(18)7-15(13)20-8-10-2-3-11(17)6-14(10)16/h2-7,9H,8,19H2,1H3/t9-/m0/s1. The van der Waals surface area contributed by atoms with Crippen LogP contribution in [0, 0.1) is 11.6 Å². The quantitative estimate of drug-likeness (QED) is 0.917. The fourth-order valence-electron chi connectivity index (χ4n) is 1.80. The van der Waals surface area contributed by atoms with Crippen molar-refractivity contribution in [2.75, 3.05) is 0 Å². The molecule has 1 atom stereocenters. The van der Waals surface area contributed by atoms with E-state index in [4.69, 9.17) is 22.1 Å². The van der Waals surface area contributed by atoms with Crippen LogP contribution in [0.5, 0.6) is 5.75 Å². The molecular formula is C15H14ClF2NO. The van der Waals surface area contributed by atoms with E-state index in [0.29, 0.717) is 16.9 Å². The second-order valence-corrected chi connectivity index (χ2v) is 4.90. The Kier molecular flexibility index (Phi) is 4.57. The van der Waals surface area contributed by atoms with Crippen molar-refractivity contribution >= 4 is 11.6 Å². The maximum Gasteiger partial charge on any atom is 0.127 e. The van der Waals surface area contributed by atoms with Gasteiger partial charge in [-0.3, -0.25) is 0 Å². The zero-order valence-corrected chi connectivity index (χ0v) is 11.6. The lowest BCUT2D eigenvalue weighted by atomic mass is 10.1. The van der Waals surface area contributed by atoms with Crippen molar-refractivity contribution in [1.29, 1.82) is 0 Å². The van der Waals surface area contributed by atoms with Crippen molar-refractivity contribution in [3.05, 3.63) is 64.2 Å². The van der Waals surface area contributed by atoms with E-state index in [9.17, 15) is 8.78 Å². The van der Waals surface area contributed by atoms with Gasteiger partial charge in [0.25, 0.3) is 0 Å². The van der Waals surface area contributed by atoms with E-state index in [1.807, 2.05) is 0 Å². The lowest BCUT2D eigenvalue weighted by molar-refractivity contribution is 0.299. The molecule has 0 fully saturated rings. The van der Waals surface area contributed by atoms with Gasteiger partial charge in [-0.25, -0.2) is 8.78 Å². The minimum atomic E-state index is -0.416. The molecule has 2 rings (SSSR count). The van der Waals surface area contributed by atoms with Crippen LogP contribution in [-0.2, 0) is 6.61 Å². The highest BCUT2D eigenvalue weighted by Crippen LogP contribution is 2.27. The molecule has 0 amide bonds. The highest BCUT2D eigenvalue weighted by atomic mass is 35.5. The number of halogens is 3. The molecule has 0 heterocycles. The molecule has 0 aromatic heterocycles. The van der Waals surface area contributed by atoms with E-state index >= 15 is 0 Å². The molecule has 106 valence electrons. The number of hydrogen-bond acceptors (Lipinski definition) is 2. The molecule has 0 saturated heterocycles. The molecule has 0 bridgehead atoms. The van der Waals surface area contributed by atoms with Crippen LogP contribution in [0.25, 0.3) is 0 Å². The average molecular weight is 298 g/mol. The molecule has 2 N–H and O–H groups in total. The molecule has 0 aliphatic rings. The highest BCUT2D eigenvalue weighted by molar-refractivity contribution is 6.31. The average Bonchev–Trinajstić information content (AvgIpc) is 2.37. The molecule has 0 aliphatic carbocycles. The summed E-state index contributed by atoms with van der Waals surface area (Å²) in [6.45, 7) is 1.90. The van der Waals surface area contributed by atoms with Crippen LogP contribution in [0.2, 0.25) is 5.02 Å². The van der Waals surface area contributed by atoms with E-state index < -0.39 is 11.6 Å². The Morgan fingerprint density at radius 3 is 2.45 bits per heavy atom. The van der Waals surface area contributed by atoms with Crippen LogP contribution in [0.15, 0.2) is 36.4 Å². The first-order valence-corrected chi connectivity index (χ1v) is 6.47. The molecule has 0 unspecified atom stereocenters. The summed E-state index contributed by atoms with van der Waals surface area (Å²) in [4.78, 5) is 0. The van der Waals surface area contributed by atoms with Crippen molar-refractivity contribution in [2.24, 2.45) is 5.73 Å². The van der Waals surface area contributed by atoms with E-state index in [-0.39, 0.29) is 17.7 Å². The summed E-state index contributed by atoms with van der Waals surface area (Å²) in [6, 6.07) is 7.94. The second-order valence-electron chi connectivity index (χ2n) is 4.50. The Morgan fingerprint density at radius 1 is 1.15 bits per heavy atom. The Bertz CT molecular complexity index is 617. The maximum atomic E-state index is 13.3. The van der Waals surface area contributed by atoms with Crippen molar-refractivity contribution in [1.82, 2.24) is 0 Å². The van der Waals surface area contributed by atoms with Crippen LogP contribution in [0.1, 0.15) is 24.1 Å². The summed E-state index contributed by atoms with van der Waals surface area (Å²) in [7, 11) is 0. The molecule has 2 aromatic carbocycles. The summed E-state index contributed by atoms with van der Waals surface area (Å²) in [5.74, 6) is -0.462. The van der Waals surface area contributed by atoms with E-state index in [1.54, 1.807) is 13.0 Å². The van der Waals surface area contributed by atoms with Gasteiger partial charge in [0.05, 0.1) is 5.02 Å². The third-order valence-corrected chi connectivity index (χ3v) is 3.22. The van der Waals surface area contributed by atoms with Gasteiger partial charge in [0.1, 0.15) is 24.0 Å². The van der Waals surface area contributed by atoms with Crippen molar-refractivity contribution in [3.63, 3.8) is 0 Å². The molecule has 5 heteroatoms. The van der Waals surface area contributed by atoms with Crippen LogP contribution in [0.4, 0.5) is 8.78 Å². The first-order valence-electron chi connectivity index (χ1n) is 6.09. The summed E-state index contributed by atoms with van der Waals surface area (Å²) < 4.78 is 31.8. The first-order chi connectivity index (χ1) is 9.47. The Balaban J connectivity index is 2.20. The van der Waals surface area contributed by atoms with Crippen molar-refractivity contribution < 1.29 is 13.5 Å². The first kappa shape index (κ1) is 14.8. The zero-order valence-electron chi connectivity index (χ0n) is 10.9. The van der Waals surface area contributed by atoms with Crippen molar-refractivity contribution in [2.45, 2.75) is 19.6 Å². The summed E-state index contributed by atoms with van der Waals surface area (Å²) in [5, 5.41) is 0.267. The molecule has 2 nitrogen and oxygen atoms in total. The lowest BCUT2D eigenvalue weighted by Gasteiger charge is -2.14. The zero-order chi connectivity index (χ0) is 14.7. The smallest absolute Gasteiger partial charge is 0.127 e. The molecule has 2 aromatic rings. The third-order valence-electron chi connectivity index (χ3n) is 2.86. The van der Waals surface area contributed by atoms with E-state index in [2.05, 4.69) is 0 Å². The van der Waals surface area contributed by atoms with Crippen LogP contribution in [-0.4, -0.2) is 0 Å². The van der Waals surface area contributed by atoms with Gasteiger partial charge in [0, 0.05) is 23.2 Å². The largest absolute Gasteiger partial charge is 0.488 e. The fraction of sp³-hybridized carbons (Fsp3) is 0.200. The normalized spacial score (nSPS) is 12.2. The highest BCUT2D eigenvalue weighted by Gasteiger charge is 2.11. The van der Waals surface area contributed by atoms with Crippen LogP contribution >= 0.6 is 11.6 Å². The summed E-state index contributed by atoms with van der Waals surface area (Å²) >= 11 is 5.91. The third kappa shape index (κ3) is 3.46. The number of hydrogen-bond donors (Lipinski definition) is 1. The molecule has 0 spiro atoms. The van der Waals surface area contributed by atoms with Gasteiger partial charge in [-0.2, -0.15) is 0 Å². The topological polar surface area (TPSA) is 35.2 Å². The minimum absolute atomic E-state index is 0.113. The fourth-order valence-corrected chi connectivity index (χ4v) is 2.03. The predicted octanol–water partition coefficient (Wildman–Crippen LogP) is 4.22. The molecular weight excluding hydrogens is 284 g/mol. The van der Waals surface area contributed by atoms with Gasteiger partial charge in [0.15, 0.2) is 0 Å². The summed E-state index contributed by atoms with van der Waals surface area (Å²) in [6.07, 6.45) is 0. The number of benzene rings is 2. The second kappa shape index (κ2) is 6.20. The predicted molar refractivity (Wildman–Crippen MR) is 74.7 cm³/mol. The van der Waals surface area contributed by atoms with Gasteiger partial charge < -0.3 is 10.5 Å². The van der Waals surface area contributed by atoms with Gasteiger partial charge in [0.2, 0.25) is 0 Å². The maximum absolute atomic E-state index is 13.3. The van der Waals surface area contributed by atoms with Gasteiger partial charge in [-0.15, -0.1) is 0 Å². The Labute approximate surface area is 121 Å². The van der Waals surface area contributed by atoms with Gasteiger partial charge >= 0.3 is 0 Å². The Morgan fingerprint density at radius 2 is 1.80 bits per heavy atom. The summed E-state index contributed by atoms with van der Waals surface area (Å²) in [5.41, 5.74) is 7.12. The van der Waals surface area contributed by atoms with Crippen LogP contribution in [0.3, 0.4) is 0 Å². The van der Waals surface area contributed by atoms with Crippen molar-refractivity contribution in [3.8, 4) is 5.75 Å².